The molecule has 3 aromatic carbocycles. The van der Waals surface area contributed by atoms with Crippen molar-refractivity contribution in [2.75, 3.05) is 27.2 Å². The van der Waals surface area contributed by atoms with Crippen LogP contribution >= 0.6 is 0 Å². The van der Waals surface area contributed by atoms with Crippen molar-refractivity contribution in [2.24, 2.45) is 0 Å². The number of non-ortho nitro benzene ring substituents is 1. The highest BCUT2D eigenvalue weighted by Crippen LogP contribution is 2.36. The van der Waals surface area contributed by atoms with Gasteiger partial charge in [0.05, 0.1) is 4.92 Å². The molecule has 4 aromatic rings. The Labute approximate surface area is 217 Å². The Morgan fingerprint density at radius 2 is 1.76 bits per heavy atom. The maximum Gasteiger partial charge on any atom is 0.269 e. The van der Waals surface area contributed by atoms with Gasteiger partial charge in [-0.1, -0.05) is 67.6 Å². The number of benzene rings is 3. The van der Waals surface area contributed by atoms with Crippen molar-refractivity contribution in [2.45, 2.75) is 32.2 Å². The predicted molar refractivity (Wildman–Crippen MR) is 148 cm³/mol. The van der Waals surface area contributed by atoms with E-state index >= 15 is 0 Å². The number of hydrogen-bond acceptors (Lipinski definition) is 4. The molecule has 0 radical (unpaired) electrons. The number of fused-ring (bicyclic) bond motifs is 1. The largest absolute Gasteiger partial charge is 0.361 e. The molecule has 192 valence electrons. The Morgan fingerprint density at radius 3 is 2.46 bits per heavy atom. The zero-order valence-electron chi connectivity index (χ0n) is 21.7. The fourth-order valence-corrected chi connectivity index (χ4v) is 4.80. The average Bonchev–Trinajstić information content (AvgIpc) is 3.34. The fraction of sp³-hybridized carbons (Fsp3) is 0.300. The van der Waals surface area contributed by atoms with Gasteiger partial charge in [0.1, 0.15) is 0 Å². The summed E-state index contributed by atoms with van der Waals surface area (Å²) in [7, 11) is 3.99. The van der Waals surface area contributed by atoms with Crippen molar-refractivity contribution in [3.05, 3.63) is 111 Å². The van der Waals surface area contributed by atoms with E-state index in [9.17, 15) is 14.9 Å². The second-order valence-electron chi connectivity index (χ2n) is 9.65. The van der Waals surface area contributed by atoms with Crippen LogP contribution in [0.25, 0.3) is 10.9 Å². The standard InChI is InChI=1S/C30H34N4O3/c1-4-23-12-9-15-26-28(20-31-30(23)26)27(24-13-8-14-25(18-24)34(36)37)19-29(35)33(17-16-32(2)3)21-22-10-6-5-7-11-22/h5-15,18,20,27,31H,4,16-17,19,21H2,1-3H3/t27-/m0/s1. The lowest BCUT2D eigenvalue weighted by atomic mass is 9.87. The Morgan fingerprint density at radius 1 is 1.00 bits per heavy atom. The van der Waals surface area contributed by atoms with E-state index in [1.165, 1.54) is 11.6 Å². The minimum absolute atomic E-state index is 0.0169. The minimum Gasteiger partial charge on any atom is -0.361 e. The van der Waals surface area contributed by atoms with Gasteiger partial charge in [-0.3, -0.25) is 14.9 Å². The first-order valence-corrected chi connectivity index (χ1v) is 12.7. The molecule has 0 saturated carbocycles. The first-order valence-electron chi connectivity index (χ1n) is 12.7. The molecule has 1 heterocycles. The molecule has 0 aliphatic rings. The third-order valence-electron chi connectivity index (χ3n) is 6.84. The van der Waals surface area contributed by atoms with Crippen LogP contribution in [0.15, 0.2) is 79.0 Å². The lowest BCUT2D eigenvalue weighted by Crippen LogP contribution is -2.37. The number of likely N-dealkylation sites (N-methyl/N-ethyl adjacent to an activating group) is 1. The van der Waals surface area contributed by atoms with Gasteiger partial charge in [-0.15, -0.1) is 0 Å². The second-order valence-corrected chi connectivity index (χ2v) is 9.65. The quantitative estimate of drug-likeness (QED) is 0.211. The number of para-hydroxylation sites is 1. The number of hydrogen-bond donors (Lipinski definition) is 1. The molecule has 1 aromatic heterocycles. The molecule has 0 aliphatic carbocycles. The molecule has 1 N–H and O–H groups in total. The summed E-state index contributed by atoms with van der Waals surface area (Å²) in [6, 6.07) is 22.8. The van der Waals surface area contributed by atoms with Crippen LogP contribution < -0.4 is 0 Å². The van der Waals surface area contributed by atoms with E-state index in [0.29, 0.717) is 13.1 Å². The van der Waals surface area contributed by atoms with Crippen LogP contribution in [0.5, 0.6) is 0 Å². The molecule has 0 fully saturated rings. The molecule has 0 aliphatic heterocycles. The third-order valence-corrected chi connectivity index (χ3v) is 6.84. The van der Waals surface area contributed by atoms with Crippen molar-refractivity contribution < 1.29 is 9.72 Å². The van der Waals surface area contributed by atoms with Crippen LogP contribution in [-0.4, -0.2) is 52.8 Å². The number of nitro benzene ring substituents is 1. The number of nitro groups is 1. The Bertz CT molecular complexity index is 1360. The molecule has 1 amide bonds. The molecule has 7 nitrogen and oxygen atoms in total. The Kier molecular flexibility index (Phi) is 8.36. The summed E-state index contributed by atoms with van der Waals surface area (Å²) in [5, 5.41) is 12.6. The summed E-state index contributed by atoms with van der Waals surface area (Å²) >= 11 is 0. The van der Waals surface area contributed by atoms with Gasteiger partial charge < -0.3 is 14.8 Å². The van der Waals surface area contributed by atoms with Crippen molar-refractivity contribution in [1.29, 1.82) is 0 Å². The summed E-state index contributed by atoms with van der Waals surface area (Å²) in [6.45, 7) is 3.97. The van der Waals surface area contributed by atoms with Crippen molar-refractivity contribution in [3.8, 4) is 0 Å². The number of carbonyl (C=O) groups is 1. The van der Waals surface area contributed by atoms with Gasteiger partial charge in [0.15, 0.2) is 0 Å². The lowest BCUT2D eigenvalue weighted by Gasteiger charge is -2.27. The predicted octanol–water partition coefficient (Wildman–Crippen LogP) is 5.75. The third kappa shape index (κ3) is 6.24. The SMILES string of the molecule is CCc1cccc2c([C@@H](CC(=O)N(CCN(C)C)Cc3ccccc3)c3cccc([N+](=O)[O-])c3)c[nH]c12. The van der Waals surface area contributed by atoms with E-state index in [1.54, 1.807) is 12.1 Å². The van der Waals surface area contributed by atoms with E-state index in [1.807, 2.05) is 67.7 Å². The van der Waals surface area contributed by atoms with Crippen LogP contribution in [0.1, 0.15) is 41.5 Å². The molecule has 0 unspecified atom stereocenters. The molecule has 0 saturated heterocycles. The topological polar surface area (TPSA) is 82.5 Å². The monoisotopic (exact) mass is 498 g/mol. The number of rotatable bonds is 11. The van der Waals surface area contributed by atoms with E-state index in [2.05, 4.69) is 28.9 Å². The van der Waals surface area contributed by atoms with Crippen molar-refractivity contribution in [3.63, 3.8) is 0 Å². The lowest BCUT2D eigenvalue weighted by molar-refractivity contribution is -0.384. The summed E-state index contributed by atoms with van der Waals surface area (Å²) in [5.74, 6) is -0.311. The smallest absolute Gasteiger partial charge is 0.269 e. The number of aromatic nitrogens is 1. The van der Waals surface area contributed by atoms with Gasteiger partial charge >= 0.3 is 0 Å². The molecule has 4 rings (SSSR count). The number of nitrogens with zero attached hydrogens (tertiary/aromatic N) is 3. The van der Waals surface area contributed by atoms with Crippen LogP contribution in [0.4, 0.5) is 5.69 Å². The summed E-state index contributed by atoms with van der Waals surface area (Å²) in [6.07, 6.45) is 3.06. The molecule has 7 heteroatoms. The molecule has 0 bridgehead atoms. The number of aryl methyl sites for hydroxylation is 1. The molecule has 0 spiro atoms. The number of carbonyl (C=O) groups excluding carboxylic acids is 1. The van der Waals surface area contributed by atoms with Crippen molar-refractivity contribution >= 4 is 22.5 Å². The summed E-state index contributed by atoms with van der Waals surface area (Å²) < 4.78 is 0. The van der Waals surface area contributed by atoms with E-state index < -0.39 is 0 Å². The van der Waals surface area contributed by atoms with Crippen molar-refractivity contribution in [1.82, 2.24) is 14.8 Å². The highest BCUT2D eigenvalue weighted by Gasteiger charge is 2.26. The van der Waals surface area contributed by atoms with Gasteiger partial charge in [0.25, 0.3) is 5.69 Å². The van der Waals surface area contributed by atoms with Crippen LogP contribution in [0, 0.1) is 10.1 Å². The first-order chi connectivity index (χ1) is 17.9. The molecular weight excluding hydrogens is 464 g/mol. The summed E-state index contributed by atoms with van der Waals surface area (Å²) in [5.41, 5.74) is 5.09. The van der Waals surface area contributed by atoms with E-state index in [-0.39, 0.29) is 28.9 Å². The highest BCUT2D eigenvalue weighted by atomic mass is 16.6. The Balaban J connectivity index is 1.73. The van der Waals surface area contributed by atoms with Gasteiger partial charge in [-0.05, 0) is 42.8 Å². The molecule has 1 atom stereocenters. The van der Waals surface area contributed by atoms with Crippen LogP contribution in [0.3, 0.4) is 0 Å². The second kappa shape index (κ2) is 11.8. The Hall–Kier alpha value is -3.97. The van der Waals surface area contributed by atoms with E-state index in [4.69, 9.17) is 0 Å². The maximum atomic E-state index is 13.9. The normalized spacial score (nSPS) is 12.1. The molecule has 37 heavy (non-hydrogen) atoms. The van der Waals surface area contributed by atoms with Crippen LogP contribution in [0.2, 0.25) is 0 Å². The van der Waals surface area contributed by atoms with Gasteiger partial charge in [-0.2, -0.15) is 0 Å². The van der Waals surface area contributed by atoms with Crippen LogP contribution in [-0.2, 0) is 17.8 Å². The zero-order valence-corrected chi connectivity index (χ0v) is 21.7. The maximum absolute atomic E-state index is 13.9. The number of nitrogens with one attached hydrogen (secondary N) is 1. The minimum atomic E-state index is -0.383. The van der Waals surface area contributed by atoms with E-state index in [0.717, 1.165) is 40.6 Å². The zero-order chi connectivity index (χ0) is 26.4. The number of H-pyrrole nitrogens is 1. The number of aromatic amines is 1. The fourth-order valence-electron chi connectivity index (χ4n) is 4.80. The van der Waals surface area contributed by atoms with Gasteiger partial charge in [-0.25, -0.2) is 0 Å². The molecular formula is C30H34N4O3. The first kappa shape index (κ1) is 26.1. The van der Waals surface area contributed by atoms with Gasteiger partial charge in [0, 0.05) is 61.2 Å². The summed E-state index contributed by atoms with van der Waals surface area (Å²) in [4.78, 5) is 32.4. The number of amides is 1. The average molecular weight is 499 g/mol. The highest BCUT2D eigenvalue weighted by molar-refractivity contribution is 5.88. The van der Waals surface area contributed by atoms with Gasteiger partial charge in [0.2, 0.25) is 5.91 Å².